The van der Waals surface area contributed by atoms with E-state index in [-0.39, 0.29) is 11.8 Å². The van der Waals surface area contributed by atoms with E-state index in [1.807, 2.05) is 0 Å². The van der Waals surface area contributed by atoms with Crippen molar-refractivity contribution in [2.45, 2.75) is 13.0 Å². The van der Waals surface area contributed by atoms with E-state index in [0.717, 1.165) is 0 Å². The predicted octanol–water partition coefficient (Wildman–Crippen LogP) is 1.02. The van der Waals surface area contributed by atoms with Crippen molar-refractivity contribution in [3.63, 3.8) is 0 Å². The fourth-order valence-electron chi connectivity index (χ4n) is 1.70. The summed E-state index contributed by atoms with van der Waals surface area (Å²) < 4.78 is 14.8. The molecule has 0 saturated heterocycles. The lowest BCUT2D eigenvalue weighted by atomic mass is 10.2. The maximum Gasteiger partial charge on any atom is 0.219 e. The Bertz CT molecular complexity index is 634. The molecule has 17 heavy (non-hydrogen) atoms. The molecule has 0 unspecified atom stereocenters. The van der Waals surface area contributed by atoms with Gasteiger partial charge in [0.15, 0.2) is 5.43 Å². The molecule has 0 atom stereocenters. The minimum Gasteiger partial charge on any atom is -0.370 e. The zero-order valence-electron chi connectivity index (χ0n) is 9.02. The Hall–Kier alpha value is -2.17. The highest BCUT2D eigenvalue weighted by Gasteiger charge is 2.05. The van der Waals surface area contributed by atoms with E-state index in [4.69, 9.17) is 5.73 Å². The van der Waals surface area contributed by atoms with E-state index < -0.39 is 11.7 Å². The van der Waals surface area contributed by atoms with Gasteiger partial charge in [0.1, 0.15) is 5.82 Å². The van der Waals surface area contributed by atoms with Crippen molar-refractivity contribution in [1.82, 2.24) is 4.57 Å². The first-order valence-electron chi connectivity index (χ1n) is 5.15. The maximum atomic E-state index is 13.1. The van der Waals surface area contributed by atoms with Crippen LogP contribution in [0.15, 0.2) is 35.3 Å². The Kier molecular flexibility index (Phi) is 2.91. The number of fused-ring (bicyclic) bond motifs is 1. The summed E-state index contributed by atoms with van der Waals surface area (Å²) in [6, 6.07) is 5.34. The molecule has 2 N–H and O–H groups in total. The molecular weight excluding hydrogens is 223 g/mol. The van der Waals surface area contributed by atoms with Gasteiger partial charge in [-0.25, -0.2) is 4.39 Å². The van der Waals surface area contributed by atoms with Crippen LogP contribution in [-0.2, 0) is 11.3 Å². The zero-order valence-corrected chi connectivity index (χ0v) is 9.02. The molecule has 88 valence electrons. The number of rotatable bonds is 3. The summed E-state index contributed by atoms with van der Waals surface area (Å²) in [7, 11) is 0. The van der Waals surface area contributed by atoms with Crippen LogP contribution in [0.25, 0.3) is 10.9 Å². The SMILES string of the molecule is NC(=O)CCn1ccc(=O)c2ccc(F)cc21. The number of carbonyl (C=O) groups excluding carboxylic acids is 1. The standard InChI is InChI=1S/C12H11FN2O2/c13-8-1-2-9-10(7-8)15(5-3-11(9)16)6-4-12(14)17/h1-3,5,7H,4,6H2,(H2,14,17). The molecule has 5 heteroatoms. The topological polar surface area (TPSA) is 65.1 Å². The Labute approximate surface area is 96.5 Å². The summed E-state index contributed by atoms with van der Waals surface area (Å²) in [4.78, 5) is 22.3. The Morgan fingerprint density at radius 3 is 2.82 bits per heavy atom. The van der Waals surface area contributed by atoms with Crippen LogP contribution in [0.3, 0.4) is 0 Å². The van der Waals surface area contributed by atoms with E-state index in [9.17, 15) is 14.0 Å². The second-order valence-electron chi connectivity index (χ2n) is 3.75. The molecule has 0 fully saturated rings. The predicted molar refractivity (Wildman–Crippen MR) is 62.0 cm³/mol. The Balaban J connectivity index is 2.56. The number of hydrogen-bond acceptors (Lipinski definition) is 2. The third-order valence-corrected chi connectivity index (χ3v) is 2.54. The largest absolute Gasteiger partial charge is 0.370 e. The molecule has 1 heterocycles. The number of hydrogen-bond donors (Lipinski definition) is 1. The highest BCUT2D eigenvalue weighted by Crippen LogP contribution is 2.12. The van der Waals surface area contributed by atoms with E-state index >= 15 is 0 Å². The molecule has 0 bridgehead atoms. The van der Waals surface area contributed by atoms with Crippen molar-refractivity contribution >= 4 is 16.8 Å². The minimum atomic E-state index is -0.437. The molecule has 0 spiro atoms. The van der Waals surface area contributed by atoms with Crippen molar-refractivity contribution < 1.29 is 9.18 Å². The van der Waals surface area contributed by atoms with Crippen LogP contribution in [0.2, 0.25) is 0 Å². The first-order valence-corrected chi connectivity index (χ1v) is 5.15. The Morgan fingerprint density at radius 1 is 1.35 bits per heavy atom. The number of aromatic nitrogens is 1. The molecule has 4 nitrogen and oxygen atoms in total. The van der Waals surface area contributed by atoms with Crippen molar-refractivity contribution in [3.05, 3.63) is 46.5 Å². The van der Waals surface area contributed by atoms with Gasteiger partial charge in [0.2, 0.25) is 5.91 Å². The number of nitrogens with two attached hydrogens (primary N) is 1. The van der Waals surface area contributed by atoms with Gasteiger partial charge in [0, 0.05) is 30.6 Å². The summed E-state index contributed by atoms with van der Waals surface area (Å²) in [6.07, 6.45) is 1.68. The smallest absolute Gasteiger partial charge is 0.219 e. The molecule has 2 aromatic rings. The Morgan fingerprint density at radius 2 is 2.12 bits per heavy atom. The third-order valence-electron chi connectivity index (χ3n) is 2.54. The van der Waals surface area contributed by atoms with Gasteiger partial charge in [0.05, 0.1) is 5.52 Å². The van der Waals surface area contributed by atoms with Crippen LogP contribution in [0, 0.1) is 5.82 Å². The molecule has 0 aliphatic carbocycles. The zero-order chi connectivity index (χ0) is 12.4. The minimum absolute atomic E-state index is 0.147. The summed E-state index contributed by atoms with van der Waals surface area (Å²) in [5, 5.41) is 0.429. The fraction of sp³-hybridized carbons (Fsp3) is 0.167. The quantitative estimate of drug-likeness (QED) is 0.861. The van der Waals surface area contributed by atoms with Crippen LogP contribution in [-0.4, -0.2) is 10.5 Å². The number of carbonyl (C=O) groups is 1. The molecule has 0 aliphatic rings. The van der Waals surface area contributed by atoms with Crippen LogP contribution in [0.4, 0.5) is 4.39 Å². The molecule has 0 aliphatic heterocycles. The summed E-state index contributed by atoms with van der Waals surface area (Å²) in [5.74, 6) is -0.857. The van der Waals surface area contributed by atoms with E-state index in [1.165, 1.54) is 30.5 Å². The number of nitrogens with zero attached hydrogens (tertiary/aromatic N) is 1. The second-order valence-corrected chi connectivity index (χ2v) is 3.75. The van der Waals surface area contributed by atoms with Gasteiger partial charge in [-0.15, -0.1) is 0 Å². The second kappa shape index (κ2) is 4.37. The molecule has 1 aromatic carbocycles. The molecule has 0 radical (unpaired) electrons. The maximum absolute atomic E-state index is 13.1. The van der Waals surface area contributed by atoms with Gasteiger partial charge in [-0.3, -0.25) is 9.59 Å². The number of amides is 1. The summed E-state index contributed by atoms with van der Waals surface area (Å²) in [6.45, 7) is 0.329. The third kappa shape index (κ3) is 2.33. The van der Waals surface area contributed by atoms with Gasteiger partial charge in [-0.2, -0.15) is 0 Å². The van der Waals surface area contributed by atoms with Crippen LogP contribution in [0.5, 0.6) is 0 Å². The molecule has 2 rings (SSSR count). The number of halogens is 1. The first kappa shape index (κ1) is 11.3. The fourth-order valence-corrected chi connectivity index (χ4v) is 1.70. The lowest BCUT2D eigenvalue weighted by Gasteiger charge is -2.09. The van der Waals surface area contributed by atoms with E-state index in [0.29, 0.717) is 17.4 Å². The van der Waals surface area contributed by atoms with Crippen molar-refractivity contribution in [2.75, 3.05) is 0 Å². The lowest BCUT2D eigenvalue weighted by Crippen LogP contribution is -2.15. The number of primary amides is 1. The van der Waals surface area contributed by atoms with Crippen molar-refractivity contribution in [3.8, 4) is 0 Å². The highest BCUT2D eigenvalue weighted by atomic mass is 19.1. The van der Waals surface area contributed by atoms with E-state index in [1.54, 1.807) is 4.57 Å². The van der Waals surface area contributed by atoms with Gasteiger partial charge in [0.25, 0.3) is 0 Å². The molecule has 1 aromatic heterocycles. The molecule has 1 amide bonds. The van der Waals surface area contributed by atoms with Crippen molar-refractivity contribution in [2.24, 2.45) is 5.73 Å². The highest BCUT2D eigenvalue weighted by molar-refractivity contribution is 5.79. The average molecular weight is 234 g/mol. The van der Waals surface area contributed by atoms with Crippen LogP contribution >= 0.6 is 0 Å². The summed E-state index contributed by atoms with van der Waals surface area (Å²) in [5.41, 5.74) is 5.36. The number of benzene rings is 1. The van der Waals surface area contributed by atoms with Crippen molar-refractivity contribution in [1.29, 1.82) is 0 Å². The first-order chi connectivity index (χ1) is 8.08. The number of pyridine rings is 1. The van der Waals surface area contributed by atoms with E-state index in [2.05, 4.69) is 0 Å². The van der Waals surface area contributed by atoms with Gasteiger partial charge < -0.3 is 10.3 Å². The van der Waals surface area contributed by atoms with Gasteiger partial charge >= 0.3 is 0 Å². The average Bonchev–Trinajstić information content (AvgIpc) is 2.28. The number of aryl methyl sites for hydroxylation is 1. The van der Waals surface area contributed by atoms with Gasteiger partial charge in [-0.1, -0.05) is 0 Å². The molecular formula is C12H11FN2O2. The monoisotopic (exact) mass is 234 g/mol. The normalized spacial score (nSPS) is 10.6. The lowest BCUT2D eigenvalue weighted by molar-refractivity contribution is -0.118. The van der Waals surface area contributed by atoms with Crippen LogP contribution in [0.1, 0.15) is 6.42 Å². The molecule has 0 saturated carbocycles. The van der Waals surface area contributed by atoms with Crippen LogP contribution < -0.4 is 11.2 Å². The summed E-state index contributed by atoms with van der Waals surface area (Å²) >= 11 is 0. The van der Waals surface area contributed by atoms with Gasteiger partial charge in [-0.05, 0) is 18.2 Å².